The van der Waals surface area contributed by atoms with Crippen LogP contribution in [0.25, 0.3) is 0 Å². The van der Waals surface area contributed by atoms with Crippen molar-refractivity contribution in [3.05, 3.63) is 35.4 Å². The molecule has 1 aromatic carbocycles. The highest BCUT2D eigenvalue weighted by Gasteiger charge is 2.40. The van der Waals surface area contributed by atoms with Gasteiger partial charge < -0.3 is 5.32 Å². The fourth-order valence-electron chi connectivity index (χ4n) is 3.62. The van der Waals surface area contributed by atoms with E-state index in [0.717, 1.165) is 25.7 Å². The zero-order valence-electron chi connectivity index (χ0n) is 10.3. The predicted molar refractivity (Wildman–Crippen MR) is 67.7 cm³/mol. The van der Waals surface area contributed by atoms with E-state index in [0.29, 0.717) is 17.9 Å². The normalized spacial score (nSPS) is 26.4. The summed E-state index contributed by atoms with van der Waals surface area (Å²) in [4.78, 5) is 11.6. The fourth-order valence-corrected chi connectivity index (χ4v) is 3.62. The summed E-state index contributed by atoms with van der Waals surface area (Å²) in [5, 5.41) is 3.08. The van der Waals surface area contributed by atoms with E-state index in [1.165, 1.54) is 11.1 Å². The minimum atomic E-state index is 0.227. The first-order chi connectivity index (χ1) is 8.17. The van der Waals surface area contributed by atoms with E-state index in [1.54, 1.807) is 0 Å². The Morgan fingerprint density at radius 1 is 1.24 bits per heavy atom. The number of benzene rings is 1. The van der Waals surface area contributed by atoms with Crippen LogP contribution < -0.4 is 5.32 Å². The number of carbonyl (C=O) groups excluding carboxylic acids is 1. The molecule has 1 aliphatic carbocycles. The fraction of sp³-hybridized carbons (Fsp3) is 0.533. The summed E-state index contributed by atoms with van der Waals surface area (Å²) in [7, 11) is 0. The highest BCUT2D eigenvalue weighted by atomic mass is 16.1. The van der Waals surface area contributed by atoms with Gasteiger partial charge in [-0.25, -0.2) is 0 Å². The van der Waals surface area contributed by atoms with Crippen LogP contribution in [0.5, 0.6) is 0 Å². The van der Waals surface area contributed by atoms with Gasteiger partial charge in [0.2, 0.25) is 5.91 Å². The van der Waals surface area contributed by atoms with Crippen molar-refractivity contribution in [2.24, 2.45) is 5.41 Å². The largest absolute Gasteiger partial charge is 0.354 e. The maximum atomic E-state index is 11.6. The Hall–Kier alpha value is -1.31. The molecular formula is C15H19NO. The Morgan fingerprint density at radius 3 is 2.53 bits per heavy atom. The van der Waals surface area contributed by atoms with Crippen LogP contribution in [0.2, 0.25) is 0 Å². The Kier molecular flexibility index (Phi) is 2.46. The van der Waals surface area contributed by atoms with Crippen LogP contribution in [0.1, 0.15) is 37.3 Å². The van der Waals surface area contributed by atoms with E-state index in [1.807, 2.05) is 0 Å². The van der Waals surface area contributed by atoms with Crippen molar-refractivity contribution >= 4 is 5.91 Å². The van der Waals surface area contributed by atoms with Crippen molar-refractivity contribution in [2.75, 3.05) is 0 Å². The maximum absolute atomic E-state index is 11.6. The van der Waals surface area contributed by atoms with Gasteiger partial charge in [0.25, 0.3) is 0 Å². The van der Waals surface area contributed by atoms with Crippen LogP contribution >= 0.6 is 0 Å². The lowest BCUT2D eigenvalue weighted by Gasteiger charge is -2.28. The van der Waals surface area contributed by atoms with Gasteiger partial charge in [0.15, 0.2) is 0 Å². The van der Waals surface area contributed by atoms with E-state index in [9.17, 15) is 4.79 Å². The van der Waals surface area contributed by atoms with Gasteiger partial charge >= 0.3 is 0 Å². The van der Waals surface area contributed by atoms with E-state index in [4.69, 9.17) is 0 Å². The van der Waals surface area contributed by atoms with E-state index in [-0.39, 0.29) is 5.91 Å². The van der Waals surface area contributed by atoms with Gasteiger partial charge in [-0.2, -0.15) is 0 Å². The second kappa shape index (κ2) is 3.86. The third-order valence-corrected chi connectivity index (χ3v) is 4.28. The minimum absolute atomic E-state index is 0.227. The third-order valence-electron chi connectivity index (χ3n) is 4.28. The molecule has 90 valence electrons. The summed E-state index contributed by atoms with van der Waals surface area (Å²) < 4.78 is 0. The van der Waals surface area contributed by atoms with Crippen LogP contribution in [-0.4, -0.2) is 11.9 Å². The molecule has 2 aliphatic rings. The van der Waals surface area contributed by atoms with Crippen molar-refractivity contribution in [3.63, 3.8) is 0 Å². The topological polar surface area (TPSA) is 29.1 Å². The molecule has 1 atom stereocenters. The monoisotopic (exact) mass is 229 g/mol. The second-order valence-corrected chi connectivity index (χ2v) is 5.79. The van der Waals surface area contributed by atoms with Crippen LogP contribution in [0.3, 0.4) is 0 Å². The zero-order chi connectivity index (χ0) is 11.9. The van der Waals surface area contributed by atoms with Gasteiger partial charge in [-0.05, 0) is 49.1 Å². The zero-order valence-corrected chi connectivity index (χ0v) is 10.3. The highest BCUT2D eigenvalue weighted by molar-refractivity contribution is 5.76. The molecule has 1 unspecified atom stereocenters. The molecule has 1 saturated heterocycles. The number of rotatable bonds is 0. The summed E-state index contributed by atoms with van der Waals surface area (Å²) in [6, 6.07) is 9.06. The van der Waals surface area contributed by atoms with Crippen LogP contribution in [0, 0.1) is 5.41 Å². The molecular weight excluding hydrogens is 210 g/mol. The first kappa shape index (κ1) is 10.8. The molecule has 3 rings (SSSR count). The maximum Gasteiger partial charge on any atom is 0.220 e. The van der Waals surface area contributed by atoms with Crippen molar-refractivity contribution in [3.8, 4) is 0 Å². The molecule has 1 fully saturated rings. The highest BCUT2D eigenvalue weighted by Crippen LogP contribution is 2.44. The minimum Gasteiger partial charge on any atom is -0.354 e. The lowest BCUT2D eigenvalue weighted by atomic mass is 9.76. The molecule has 1 amide bonds. The third kappa shape index (κ3) is 1.97. The lowest BCUT2D eigenvalue weighted by molar-refractivity contribution is -0.121. The average Bonchev–Trinajstić information content (AvgIpc) is 2.57. The quantitative estimate of drug-likeness (QED) is 0.727. The van der Waals surface area contributed by atoms with Crippen LogP contribution in [0.15, 0.2) is 24.3 Å². The van der Waals surface area contributed by atoms with Gasteiger partial charge in [0.05, 0.1) is 0 Å². The number of hydrogen-bond acceptors (Lipinski definition) is 1. The Morgan fingerprint density at radius 2 is 1.88 bits per heavy atom. The van der Waals surface area contributed by atoms with Crippen molar-refractivity contribution in [1.82, 2.24) is 5.32 Å². The second-order valence-electron chi connectivity index (χ2n) is 5.79. The van der Waals surface area contributed by atoms with Crippen LogP contribution in [0.4, 0.5) is 0 Å². The molecule has 1 aliphatic heterocycles. The van der Waals surface area contributed by atoms with Crippen molar-refractivity contribution in [1.29, 1.82) is 0 Å². The molecule has 0 saturated carbocycles. The van der Waals surface area contributed by atoms with Crippen molar-refractivity contribution in [2.45, 2.75) is 45.1 Å². The van der Waals surface area contributed by atoms with Gasteiger partial charge in [-0.3, -0.25) is 4.79 Å². The number of nitrogens with one attached hydrogen (secondary N) is 1. The Bertz CT molecular complexity index is 427. The summed E-state index contributed by atoms with van der Waals surface area (Å²) in [6.07, 6.45) is 5.16. The number of carbonyl (C=O) groups is 1. The molecule has 0 radical (unpaired) electrons. The molecule has 1 spiro atoms. The number of hydrogen-bond donors (Lipinski definition) is 1. The number of amides is 1. The predicted octanol–water partition coefficient (Wildman–Crippen LogP) is 2.46. The molecule has 0 aromatic heterocycles. The van der Waals surface area contributed by atoms with Crippen LogP contribution in [-0.2, 0) is 17.6 Å². The summed E-state index contributed by atoms with van der Waals surface area (Å²) in [5.74, 6) is 0.227. The van der Waals surface area contributed by atoms with Gasteiger partial charge in [0.1, 0.15) is 0 Å². The van der Waals surface area contributed by atoms with E-state index < -0.39 is 0 Å². The van der Waals surface area contributed by atoms with Gasteiger partial charge in [0, 0.05) is 12.5 Å². The summed E-state index contributed by atoms with van der Waals surface area (Å²) in [6.45, 7) is 2.13. The SMILES string of the molecule is CC1CC2(CCC(=O)N1)Cc1ccccc1C2. The first-order valence-electron chi connectivity index (χ1n) is 6.53. The molecule has 1 N–H and O–H groups in total. The van der Waals surface area contributed by atoms with Gasteiger partial charge in [-0.15, -0.1) is 0 Å². The molecule has 1 aromatic rings. The summed E-state index contributed by atoms with van der Waals surface area (Å²) in [5.41, 5.74) is 3.32. The van der Waals surface area contributed by atoms with Gasteiger partial charge in [-0.1, -0.05) is 24.3 Å². The molecule has 1 heterocycles. The summed E-state index contributed by atoms with van der Waals surface area (Å²) >= 11 is 0. The van der Waals surface area contributed by atoms with E-state index >= 15 is 0 Å². The molecule has 17 heavy (non-hydrogen) atoms. The molecule has 2 heteroatoms. The average molecular weight is 229 g/mol. The standard InChI is InChI=1S/C15H19NO/c1-11-8-15(7-6-14(17)16-11)9-12-4-2-3-5-13(12)10-15/h2-5,11H,6-10H2,1H3,(H,16,17). The smallest absolute Gasteiger partial charge is 0.220 e. The Labute approximate surface area is 102 Å². The first-order valence-corrected chi connectivity index (χ1v) is 6.53. The molecule has 2 nitrogen and oxygen atoms in total. The van der Waals surface area contributed by atoms with Crippen molar-refractivity contribution < 1.29 is 4.79 Å². The van der Waals surface area contributed by atoms with E-state index in [2.05, 4.69) is 36.5 Å². The Balaban J connectivity index is 1.87. The lowest BCUT2D eigenvalue weighted by Crippen LogP contribution is -2.32. The number of fused-ring (bicyclic) bond motifs is 1. The molecule has 0 bridgehead atoms.